The number of ether oxygens (including phenoxy) is 1. The van der Waals surface area contributed by atoms with E-state index in [1.165, 1.54) is 0 Å². The zero-order chi connectivity index (χ0) is 12.8. The molecule has 4 nitrogen and oxygen atoms in total. The molecule has 0 aliphatic carbocycles. The number of rotatable bonds is 6. The van der Waals surface area contributed by atoms with E-state index in [-0.39, 0.29) is 0 Å². The quantitative estimate of drug-likeness (QED) is 0.826. The molecule has 0 atom stereocenters. The van der Waals surface area contributed by atoms with Gasteiger partial charge in [0.25, 0.3) is 0 Å². The number of nitrogens with zero attached hydrogens (tertiary/aromatic N) is 2. The SMILES string of the molecule is Cc1nc(NCC(C)C)cc(OCC(C)C)n1. The summed E-state index contributed by atoms with van der Waals surface area (Å²) in [4.78, 5) is 8.59. The fourth-order valence-corrected chi connectivity index (χ4v) is 1.27. The summed E-state index contributed by atoms with van der Waals surface area (Å²) < 4.78 is 5.60. The largest absolute Gasteiger partial charge is 0.477 e. The summed E-state index contributed by atoms with van der Waals surface area (Å²) in [5, 5.41) is 3.28. The van der Waals surface area contributed by atoms with E-state index in [0.29, 0.717) is 24.3 Å². The summed E-state index contributed by atoms with van der Waals surface area (Å²) in [5.74, 6) is 3.31. The molecule has 0 saturated carbocycles. The second-order valence-corrected chi connectivity index (χ2v) is 5.12. The van der Waals surface area contributed by atoms with Gasteiger partial charge in [-0.25, -0.2) is 4.98 Å². The van der Waals surface area contributed by atoms with Crippen LogP contribution in [0.5, 0.6) is 5.88 Å². The van der Waals surface area contributed by atoms with Crippen LogP contribution in [-0.2, 0) is 0 Å². The molecule has 0 spiro atoms. The molecule has 0 amide bonds. The summed E-state index contributed by atoms with van der Waals surface area (Å²) >= 11 is 0. The fourth-order valence-electron chi connectivity index (χ4n) is 1.27. The number of aromatic nitrogens is 2. The van der Waals surface area contributed by atoms with Gasteiger partial charge in [-0.1, -0.05) is 27.7 Å². The van der Waals surface area contributed by atoms with E-state index in [1.807, 2.05) is 13.0 Å². The molecule has 1 aromatic heterocycles. The Labute approximate surface area is 104 Å². The lowest BCUT2D eigenvalue weighted by atomic mass is 10.2. The fraction of sp³-hybridized carbons (Fsp3) is 0.692. The Kier molecular flexibility index (Phi) is 5.19. The van der Waals surface area contributed by atoms with Crippen LogP contribution in [-0.4, -0.2) is 23.1 Å². The Hall–Kier alpha value is -1.32. The number of aryl methyl sites for hydroxylation is 1. The zero-order valence-corrected chi connectivity index (χ0v) is 11.4. The second kappa shape index (κ2) is 6.42. The normalized spacial score (nSPS) is 11.0. The first-order valence-electron chi connectivity index (χ1n) is 6.19. The van der Waals surface area contributed by atoms with Gasteiger partial charge >= 0.3 is 0 Å². The Morgan fingerprint density at radius 3 is 2.47 bits per heavy atom. The maximum atomic E-state index is 5.60. The predicted octanol–water partition coefficient (Wildman–Crippen LogP) is 2.89. The molecular formula is C13H23N3O. The summed E-state index contributed by atoms with van der Waals surface area (Å²) in [7, 11) is 0. The second-order valence-electron chi connectivity index (χ2n) is 5.12. The average molecular weight is 237 g/mol. The number of hydrogen-bond donors (Lipinski definition) is 1. The first kappa shape index (κ1) is 13.7. The van der Waals surface area contributed by atoms with Crippen molar-refractivity contribution in [2.75, 3.05) is 18.5 Å². The number of hydrogen-bond acceptors (Lipinski definition) is 4. The van der Waals surface area contributed by atoms with Gasteiger partial charge in [0, 0.05) is 12.6 Å². The molecule has 0 unspecified atom stereocenters. The highest BCUT2D eigenvalue weighted by molar-refractivity contribution is 5.38. The van der Waals surface area contributed by atoms with E-state index < -0.39 is 0 Å². The highest BCUT2D eigenvalue weighted by Gasteiger charge is 2.04. The van der Waals surface area contributed by atoms with Gasteiger partial charge in [0.1, 0.15) is 11.6 Å². The number of nitrogens with one attached hydrogen (secondary N) is 1. The summed E-state index contributed by atoms with van der Waals surface area (Å²) in [6, 6.07) is 1.86. The minimum atomic E-state index is 0.498. The van der Waals surface area contributed by atoms with Crippen molar-refractivity contribution < 1.29 is 4.74 Å². The maximum Gasteiger partial charge on any atom is 0.218 e. The van der Waals surface area contributed by atoms with Crippen molar-refractivity contribution in [3.8, 4) is 5.88 Å². The van der Waals surface area contributed by atoms with Crippen LogP contribution >= 0.6 is 0 Å². The third kappa shape index (κ3) is 5.52. The highest BCUT2D eigenvalue weighted by atomic mass is 16.5. The van der Waals surface area contributed by atoms with Gasteiger partial charge in [-0.05, 0) is 18.8 Å². The molecule has 96 valence electrons. The first-order chi connectivity index (χ1) is 7.97. The zero-order valence-electron chi connectivity index (χ0n) is 11.4. The van der Waals surface area contributed by atoms with Crippen LogP contribution in [0.2, 0.25) is 0 Å². The van der Waals surface area contributed by atoms with Crippen molar-refractivity contribution in [2.24, 2.45) is 11.8 Å². The van der Waals surface area contributed by atoms with Gasteiger partial charge in [0.2, 0.25) is 5.88 Å². The van der Waals surface area contributed by atoms with Crippen LogP contribution in [0.4, 0.5) is 5.82 Å². The summed E-state index contributed by atoms with van der Waals surface area (Å²) in [6.45, 7) is 12.0. The molecule has 1 N–H and O–H groups in total. The van der Waals surface area contributed by atoms with E-state index in [1.54, 1.807) is 0 Å². The van der Waals surface area contributed by atoms with Crippen molar-refractivity contribution in [1.82, 2.24) is 9.97 Å². The first-order valence-corrected chi connectivity index (χ1v) is 6.19. The van der Waals surface area contributed by atoms with Crippen LogP contribution in [0.3, 0.4) is 0 Å². The number of anilines is 1. The maximum absolute atomic E-state index is 5.60. The lowest BCUT2D eigenvalue weighted by Crippen LogP contribution is -2.11. The van der Waals surface area contributed by atoms with Crippen LogP contribution in [0.25, 0.3) is 0 Å². The average Bonchev–Trinajstić information content (AvgIpc) is 2.23. The molecule has 1 aromatic rings. The van der Waals surface area contributed by atoms with Gasteiger partial charge in [-0.15, -0.1) is 0 Å². The molecule has 1 heterocycles. The highest BCUT2D eigenvalue weighted by Crippen LogP contribution is 2.14. The molecule has 4 heteroatoms. The van der Waals surface area contributed by atoms with Gasteiger partial charge in [0.05, 0.1) is 6.61 Å². The minimum Gasteiger partial charge on any atom is -0.477 e. The molecule has 0 saturated heterocycles. The Morgan fingerprint density at radius 2 is 1.88 bits per heavy atom. The van der Waals surface area contributed by atoms with Gasteiger partial charge in [-0.3, -0.25) is 0 Å². The smallest absolute Gasteiger partial charge is 0.218 e. The van der Waals surface area contributed by atoms with E-state index in [9.17, 15) is 0 Å². The molecule has 17 heavy (non-hydrogen) atoms. The van der Waals surface area contributed by atoms with E-state index >= 15 is 0 Å². The Morgan fingerprint density at radius 1 is 1.18 bits per heavy atom. The van der Waals surface area contributed by atoms with Crippen molar-refractivity contribution >= 4 is 5.82 Å². The lowest BCUT2D eigenvalue weighted by Gasteiger charge is -2.12. The monoisotopic (exact) mass is 237 g/mol. The Bertz CT molecular complexity index is 320. The van der Waals surface area contributed by atoms with Crippen LogP contribution in [0.1, 0.15) is 33.5 Å². The minimum absolute atomic E-state index is 0.498. The van der Waals surface area contributed by atoms with Crippen LogP contribution < -0.4 is 10.1 Å². The standard InChI is InChI=1S/C13H23N3O/c1-9(2)7-14-12-6-13(16-11(5)15-12)17-8-10(3)4/h6,9-10H,7-8H2,1-5H3,(H,14,15,16). The van der Waals surface area contributed by atoms with Gasteiger partial charge < -0.3 is 10.1 Å². The molecule has 0 aliphatic rings. The molecule has 1 rings (SSSR count). The summed E-state index contributed by atoms with van der Waals surface area (Å²) in [6.07, 6.45) is 0. The lowest BCUT2D eigenvalue weighted by molar-refractivity contribution is 0.260. The van der Waals surface area contributed by atoms with Gasteiger partial charge in [0.15, 0.2) is 0 Å². The van der Waals surface area contributed by atoms with E-state index in [0.717, 1.165) is 18.2 Å². The molecule has 0 aliphatic heterocycles. The van der Waals surface area contributed by atoms with Gasteiger partial charge in [-0.2, -0.15) is 4.98 Å². The topological polar surface area (TPSA) is 47.0 Å². The van der Waals surface area contributed by atoms with Crippen molar-refractivity contribution in [1.29, 1.82) is 0 Å². The van der Waals surface area contributed by atoms with Crippen molar-refractivity contribution in [3.05, 3.63) is 11.9 Å². The van der Waals surface area contributed by atoms with Crippen LogP contribution in [0.15, 0.2) is 6.07 Å². The summed E-state index contributed by atoms with van der Waals surface area (Å²) in [5.41, 5.74) is 0. The molecule has 0 bridgehead atoms. The predicted molar refractivity (Wildman–Crippen MR) is 70.4 cm³/mol. The molecule has 0 fully saturated rings. The molecule has 0 radical (unpaired) electrons. The van der Waals surface area contributed by atoms with Crippen molar-refractivity contribution in [3.63, 3.8) is 0 Å². The third-order valence-corrected chi connectivity index (χ3v) is 2.07. The van der Waals surface area contributed by atoms with E-state index in [2.05, 4.69) is 43.0 Å². The van der Waals surface area contributed by atoms with Crippen LogP contribution in [0, 0.1) is 18.8 Å². The molecular weight excluding hydrogens is 214 g/mol. The Balaban J connectivity index is 2.65. The van der Waals surface area contributed by atoms with Crippen molar-refractivity contribution in [2.45, 2.75) is 34.6 Å². The van der Waals surface area contributed by atoms with E-state index in [4.69, 9.17) is 4.74 Å². The molecule has 0 aromatic carbocycles. The third-order valence-electron chi connectivity index (χ3n) is 2.07.